The van der Waals surface area contributed by atoms with Gasteiger partial charge >= 0.3 is 0 Å². The predicted molar refractivity (Wildman–Crippen MR) is 86.6 cm³/mol. The zero-order valence-corrected chi connectivity index (χ0v) is 13.6. The number of Topliss-reactive ketones (excluding diaryl/α,β-unsaturated/α-hetero) is 2. The zero-order chi connectivity index (χ0) is 15.9. The quantitative estimate of drug-likeness (QED) is 0.768. The van der Waals surface area contributed by atoms with Crippen LogP contribution in [-0.2, 0) is 9.59 Å². The summed E-state index contributed by atoms with van der Waals surface area (Å²) < 4.78 is 5.25. The Balaban J connectivity index is 1.83. The molecule has 0 spiro atoms. The van der Waals surface area contributed by atoms with Gasteiger partial charge < -0.3 is 9.64 Å². The lowest BCUT2D eigenvalue weighted by atomic mass is 9.92. The Bertz CT molecular complexity index is 513. The van der Waals surface area contributed by atoms with Gasteiger partial charge in [-0.25, -0.2) is 9.97 Å². The van der Waals surface area contributed by atoms with Gasteiger partial charge in [0.25, 0.3) is 0 Å². The lowest BCUT2D eigenvalue weighted by molar-refractivity contribution is -0.119. The molecule has 1 saturated heterocycles. The molecule has 1 aromatic rings. The van der Waals surface area contributed by atoms with Crippen molar-refractivity contribution < 1.29 is 14.3 Å². The highest BCUT2D eigenvalue weighted by Crippen LogP contribution is 2.23. The number of aromatic nitrogens is 2. The summed E-state index contributed by atoms with van der Waals surface area (Å²) in [4.78, 5) is 33.0. The van der Waals surface area contributed by atoms with Crippen molar-refractivity contribution in [3.63, 3.8) is 0 Å². The van der Waals surface area contributed by atoms with Gasteiger partial charge in [-0.1, -0.05) is 0 Å². The van der Waals surface area contributed by atoms with Gasteiger partial charge in [-0.3, -0.25) is 9.59 Å². The van der Waals surface area contributed by atoms with E-state index in [9.17, 15) is 9.59 Å². The number of piperidine rings is 1. The van der Waals surface area contributed by atoms with Gasteiger partial charge in [0.05, 0.1) is 12.4 Å². The molecule has 0 saturated carbocycles. The Morgan fingerprint density at radius 2 is 1.95 bits per heavy atom. The van der Waals surface area contributed by atoms with Crippen LogP contribution in [0, 0.1) is 5.92 Å². The van der Waals surface area contributed by atoms with Crippen molar-refractivity contribution in [2.75, 3.05) is 30.3 Å². The van der Waals surface area contributed by atoms with Crippen molar-refractivity contribution in [2.45, 2.75) is 26.2 Å². The first kappa shape index (κ1) is 16.7. The molecule has 22 heavy (non-hydrogen) atoms. The van der Waals surface area contributed by atoms with Gasteiger partial charge in [0.2, 0.25) is 5.95 Å². The van der Waals surface area contributed by atoms with Gasteiger partial charge in [-0.15, -0.1) is 0 Å². The van der Waals surface area contributed by atoms with E-state index in [0.717, 1.165) is 25.9 Å². The van der Waals surface area contributed by atoms with E-state index in [2.05, 4.69) is 27.5 Å². The van der Waals surface area contributed by atoms with Crippen LogP contribution in [0.3, 0.4) is 0 Å². The van der Waals surface area contributed by atoms with Crippen LogP contribution in [0.25, 0.3) is 0 Å². The third-order valence-corrected chi connectivity index (χ3v) is 4.00. The smallest absolute Gasteiger partial charge is 0.225 e. The second kappa shape index (κ2) is 8.12. The zero-order valence-electron chi connectivity index (χ0n) is 12.7. The molecule has 0 aromatic carbocycles. The lowest BCUT2D eigenvalue weighted by Gasteiger charge is -2.31. The molecule has 0 bridgehead atoms. The highest BCUT2D eigenvalue weighted by Gasteiger charge is 2.22. The van der Waals surface area contributed by atoms with Crippen LogP contribution in [0.2, 0.25) is 0 Å². The van der Waals surface area contributed by atoms with Crippen molar-refractivity contribution in [3.8, 4) is 5.75 Å². The van der Waals surface area contributed by atoms with Crippen LogP contribution in [0.15, 0.2) is 12.4 Å². The molecule has 0 amide bonds. The summed E-state index contributed by atoms with van der Waals surface area (Å²) >= 11 is 4.02. The number of rotatable bonds is 7. The van der Waals surface area contributed by atoms with E-state index in [0.29, 0.717) is 29.8 Å². The van der Waals surface area contributed by atoms with Crippen molar-refractivity contribution in [1.82, 2.24) is 9.97 Å². The van der Waals surface area contributed by atoms with Crippen LogP contribution in [-0.4, -0.2) is 47.0 Å². The number of ketones is 2. The van der Waals surface area contributed by atoms with Crippen molar-refractivity contribution >= 4 is 30.1 Å². The molecular weight excluding hydrogens is 302 g/mol. The van der Waals surface area contributed by atoms with Crippen LogP contribution >= 0.6 is 12.6 Å². The maximum atomic E-state index is 11.4. The first-order valence-electron chi connectivity index (χ1n) is 7.40. The largest absolute Gasteiger partial charge is 0.483 e. The minimum Gasteiger partial charge on any atom is -0.483 e. The Morgan fingerprint density at radius 3 is 2.50 bits per heavy atom. The average Bonchev–Trinajstić information content (AvgIpc) is 2.54. The fourth-order valence-corrected chi connectivity index (χ4v) is 2.58. The number of carbonyl (C=O) groups excluding carboxylic acids is 2. The van der Waals surface area contributed by atoms with Crippen LogP contribution in [0.4, 0.5) is 5.95 Å². The normalized spacial score (nSPS) is 15.6. The Labute approximate surface area is 135 Å². The van der Waals surface area contributed by atoms with Crippen LogP contribution in [0.1, 0.15) is 26.2 Å². The molecule has 6 nitrogen and oxygen atoms in total. The maximum absolute atomic E-state index is 11.4. The number of hydrogen-bond acceptors (Lipinski definition) is 7. The summed E-state index contributed by atoms with van der Waals surface area (Å²) in [6, 6.07) is 0. The molecule has 1 aliphatic heterocycles. The summed E-state index contributed by atoms with van der Waals surface area (Å²) in [5.74, 6) is 2.09. The molecule has 0 radical (unpaired) electrons. The number of nitrogens with zero attached hydrogens (tertiary/aromatic N) is 3. The van der Waals surface area contributed by atoms with Crippen molar-refractivity contribution in [3.05, 3.63) is 12.4 Å². The van der Waals surface area contributed by atoms with E-state index in [1.54, 1.807) is 12.4 Å². The predicted octanol–water partition coefficient (Wildman–Crippen LogP) is 1.55. The maximum Gasteiger partial charge on any atom is 0.225 e. The van der Waals surface area contributed by atoms with Gasteiger partial charge in [-0.2, -0.15) is 12.6 Å². The van der Waals surface area contributed by atoms with Gasteiger partial charge in [0.1, 0.15) is 12.4 Å². The van der Waals surface area contributed by atoms with Gasteiger partial charge in [0.15, 0.2) is 11.5 Å². The van der Waals surface area contributed by atoms with Crippen molar-refractivity contribution in [2.24, 2.45) is 5.92 Å². The van der Waals surface area contributed by atoms with Crippen molar-refractivity contribution in [1.29, 1.82) is 0 Å². The number of ether oxygens (including phenoxy) is 1. The van der Waals surface area contributed by atoms with Crippen LogP contribution in [0.5, 0.6) is 5.75 Å². The van der Waals surface area contributed by atoms with Crippen LogP contribution < -0.4 is 9.64 Å². The highest BCUT2D eigenvalue weighted by atomic mass is 32.1. The van der Waals surface area contributed by atoms with E-state index >= 15 is 0 Å². The molecule has 2 rings (SSSR count). The van der Waals surface area contributed by atoms with E-state index in [1.165, 1.54) is 6.92 Å². The number of carbonyl (C=O) groups is 2. The van der Waals surface area contributed by atoms with E-state index in [4.69, 9.17) is 4.74 Å². The third-order valence-electron chi connectivity index (χ3n) is 3.65. The Kier molecular flexibility index (Phi) is 6.18. The topological polar surface area (TPSA) is 72.4 Å². The second-order valence-electron chi connectivity index (χ2n) is 5.54. The number of hydrogen-bond donors (Lipinski definition) is 1. The third kappa shape index (κ3) is 4.98. The minimum atomic E-state index is -0.0399. The first-order valence-corrected chi connectivity index (χ1v) is 8.03. The average molecular weight is 323 g/mol. The summed E-state index contributed by atoms with van der Waals surface area (Å²) in [7, 11) is 0. The summed E-state index contributed by atoms with van der Waals surface area (Å²) in [5, 5.41) is 0. The Morgan fingerprint density at radius 1 is 1.32 bits per heavy atom. The summed E-state index contributed by atoms with van der Waals surface area (Å²) in [6.07, 6.45) is 5.72. The monoisotopic (exact) mass is 323 g/mol. The number of thiol groups is 1. The molecule has 1 aliphatic rings. The SMILES string of the molecule is CC(=O)COc1cnc(N2CCC(CC(=O)CS)CC2)nc1. The molecule has 1 aromatic heterocycles. The minimum absolute atomic E-state index is 0.0350. The Hall–Kier alpha value is -1.63. The highest BCUT2D eigenvalue weighted by molar-refractivity contribution is 7.81. The molecule has 0 aliphatic carbocycles. The standard InChI is InChI=1S/C15H21N3O3S/c1-11(19)9-21-14-7-16-15(17-8-14)18-4-2-12(3-5-18)6-13(20)10-22/h7-8,12,22H,2-6,9-10H2,1H3. The summed E-state index contributed by atoms with van der Waals surface area (Å²) in [6.45, 7) is 3.20. The van der Waals surface area contributed by atoms with E-state index < -0.39 is 0 Å². The molecule has 7 heteroatoms. The van der Waals surface area contributed by atoms with Gasteiger partial charge in [-0.05, 0) is 25.7 Å². The van der Waals surface area contributed by atoms with Gasteiger partial charge in [0, 0.05) is 25.3 Å². The molecule has 2 heterocycles. The summed E-state index contributed by atoms with van der Waals surface area (Å²) in [5.41, 5.74) is 0. The van der Waals surface area contributed by atoms with E-state index in [-0.39, 0.29) is 18.2 Å². The molecule has 1 fully saturated rings. The van der Waals surface area contributed by atoms with E-state index in [1.807, 2.05) is 0 Å². The molecule has 0 unspecified atom stereocenters. The number of anilines is 1. The molecule has 0 N–H and O–H groups in total. The molecule has 120 valence electrons. The first-order chi connectivity index (χ1) is 10.6. The molecule has 0 atom stereocenters. The fraction of sp³-hybridized carbons (Fsp3) is 0.600. The molecular formula is C15H21N3O3S. The second-order valence-corrected chi connectivity index (χ2v) is 5.86. The lowest BCUT2D eigenvalue weighted by Crippen LogP contribution is -2.35. The fourth-order valence-electron chi connectivity index (χ4n) is 2.46.